The maximum Gasteiger partial charge on any atom is 0.134 e. The van der Waals surface area contributed by atoms with Crippen LogP contribution in [-0.4, -0.2) is 9.55 Å². The van der Waals surface area contributed by atoms with E-state index in [-0.39, 0.29) is 6.04 Å². The van der Waals surface area contributed by atoms with Crippen LogP contribution in [0.3, 0.4) is 0 Å². The molecule has 0 saturated heterocycles. The molecule has 0 spiro atoms. The monoisotopic (exact) mass is 255 g/mol. The molecular formula is C15H17N3O. The quantitative estimate of drug-likeness (QED) is 0.779. The van der Waals surface area contributed by atoms with Crippen LogP contribution in [0.2, 0.25) is 0 Å². The van der Waals surface area contributed by atoms with Crippen molar-refractivity contribution >= 4 is 11.0 Å². The lowest BCUT2D eigenvalue weighted by Gasteiger charge is -2.12. The van der Waals surface area contributed by atoms with Gasteiger partial charge in [-0.2, -0.15) is 0 Å². The van der Waals surface area contributed by atoms with E-state index >= 15 is 0 Å². The molecule has 3 aromatic rings. The second kappa shape index (κ2) is 4.90. The van der Waals surface area contributed by atoms with Gasteiger partial charge in [0.1, 0.15) is 17.2 Å². The predicted octanol–water partition coefficient (Wildman–Crippen LogP) is 3.02. The summed E-state index contributed by atoms with van der Waals surface area (Å²) in [5.74, 6) is 1.97. The van der Waals surface area contributed by atoms with Crippen LogP contribution in [0.25, 0.3) is 11.0 Å². The van der Waals surface area contributed by atoms with Crippen LogP contribution in [-0.2, 0) is 13.6 Å². The first-order chi connectivity index (χ1) is 9.24. The van der Waals surface area contributed by atoms with Crippen LogP contribution >= 0.6 is 0 Å². The molecule has 4 nitrogen and oxygen atoms in total. The summed E-state index contributed by atoms with van der Waals surface area (Å²) < 4.78 is 7.80. The second-order valence-electron chi connectivity index (χ2n) is 4.75. The second-order valence-corrected chi connectivity index (χ2v) is 4.75. The van der Waals surface area contributed by atoms with E-state index in [0.29, 0.717) is 6.54 Å². The van der Waals surface area contributed by atoms with Gasteiger partial charge in [-0.15, -0.1) is 0 Å². The van der Waals surface area contributed by atoms with Crippen LogP contribution in [0.15, 0.2) is 47.1 Å². The van der Waals surface area contributed by atoms with Crippen LogP contribution in [0.1, 0.15) is 24.6 Å². The van der Waals surface area contributed by atoms with Crippen molar-refractivity contribution in [3.63, 3.8) is 0 Å². The SMILES string of the molecule is CC(NCc1cc2ccccc2o1)c1nccn1C. The summed E-state index contributed by atoms with van der Waals surface area (Å²) in [7, 11) is 2.00. The molecule has 2 aromatic heterocycles. The largest absolute Gasteiger partial charge is 0.460 e. The molecule has 19 heavy (non-hydrogen) atoms. The summed E-state index contributed by atoms with van der Waals surface area (Å²) in [5, 5.41) is 4.57. The van der Waals surface area contributed by atoms with E-state index in [1.54, 1.807) is 0 Å². The maximum absolute atomic E-state index is 5.78. The molecule has 1 unspecified atom stereocenters. The minimum Gasteiger partial charge on any atom is -0.460 e. The number of aromatic nitrogens is 2. The van der Waals surface area contributed by atoms with E-state index in [1.807, 2.05) is 42.2 Å². The Labute approximate surface area is 112 Å². The third-order valence-corrected chi connectivity index (χ3v) is 3.30. The molecule has 0 aliphatic carbocycles. The van der Waals surface area contributed by atoms with Crippen molar-refractivity contribution in [3.05, 3.63) is 54.3 Å². The lowest BCUT2D eigenvalue weighted by atomic mass is 10.2. The summed E-state index contributed by atoms with van der Waals surface area (Å²) in [6.07, 6.45) is 3.77. The molecular weight excluding hydrogens is 238 g/mol. The molecule has 2 heterocycles. The number of nitrogens with zero attached hydrogens (tertiary/aromatic N) is 2. The molecule has 1 atom stereocenters. The summed E-state index contributed by atoms with van der Waals surface area (Å²) in [6, 6.07) is 10.3. The third-order valence-electron chi connectivity index (χ3n) is 3.30. The minimum absolute atomic E-state index is 0.188. The Hall–Kier alpha value is -2.07. The molecule has 0 aliphatic rings. The van der Waals surface area contributed by atoms with Crippen molar-refractivity contribution in [3.8, 4) is 0 Å². The molecule has 0 amide bonds. The Morgan fingerprint density at radius 3 is 2.95 bits per heavy atom. The Morgan fingerprint density at radius 1 is 1.37 bits per heavy atom. The average molecular weight is 255 g/mol. The molecule has 0 radical (unpaired) electrons. The molecule has 0 fully saturated rings. The average Bonchev–Trinajstić information content (AvgIpc) is 3.01. The molecule has 98 valence electrons. The highest BCUT2D eigenvalue weighted by molar-refractivity contribution is 5.77. The number of nitrogens with one attached hydrogen (secondary N) is 1. The smallest absolute Gasteiger partial charge is 0.134 e. The molecule has 3 rings (SSSR count). The summed E-state index contributed by atoms with van der Waals surface area (Å²) >= 11 is 0. The fourth-order valence-corrected chi connectivity index (χ4v) is 2.26. The Morgan fingerprint density at radius 2 is 2.21 bits per heavy atom. The molecule has 0 aliphatic heterocycles. The van der Waals surface area contributed by atoms with E-state index in [4.69, 9.17) is 4.42 Å². The standard InChI is InChI=1S/C15H17N3O/c1-11(15-16-7-8-18(15)2)17-10-13-9-12-5-3-4-6-14(12)19-13/h3-9,11,17H,10H2,1-2H3. The number of fused-ring (bicyclic) bond motifs is 1. The van der Waals surface area contributed by atoms with Gasteiger partial charge in [0, 0.05) is 24.8 Å². The first-order valence-electron chi connectivity index (χ1n) is 6.42. The van der Waals surface area contributed by atoms with Crippen LogP contribution < -0.4 is 5.32 Å². The van der Waals surface area contributed by atoms with Gasteiger partial charge in [-0.1, -0.05) is 18.2 Å². The molecule has 0 saturated carbocycles. The topological polar surface area (TPSA) is 43.0 Å². The van der Waals surface area contributed by atoms with Gasteiger partial charge in [-0.3, -0.25) is 0 Å². The number of rotatable bonds is 4. The van der Waals surface area contributed by atoms with Gasteiger partial charge in [0.25, 0.3) is 0 Å². The van der Waals surface area contributed by atoms with Crippen molar-refractivity contribution in [1.82, 2.24) is 14.9 Å². The van der Waals surface area contributed by atoms with Gasteiger partial charge in [0.05, 0.1) is 12.6 Å². The van der Waals surface area contributed by atoms with E-state index in [9.17, 15) is 0 Å². The molecule has 1 aromatic carbocycles. The normalized spacial score (nSPS) is 12.9. The van der Waals surface area contributed by atoms with Crippen molar-refractivity contribution < 1.29 is 4.42 Å². The highest BCUT2D eigenvalue weighted by atomic mass is 16.3. The Kier molecular flexibility index (Phi) is 3.09. The third kappa shape index (κ3) is 2.39. The van der Waals surface area contributed by atoms with Crippen LogP contribution in [0, 0.1) is 0 Å². The van der Waals surface area contributed by atoms with Crippen molar-refractivity contribution in [2.75, 3.05) is 0 Å². The lowest BCUT2D eigenvalue weighted by molar-refractivity contribution is 0.466. The van der Waals surface area contributed by atoms with E-state index in [0.717, 1.165) is 22.6 Å². The van der Waals surface area contributed by atoms with Gasteiger partial charge >= 0.3 is 0 Å². The number of benzene rings is 1. The van der Waals surface area contributed by atoms with E-state index in [2.05, 4.69) is 29.4 Å². The van der Waals surface area contributed by atoms with E-state index in [1.165, 1.54) is 0 Å². The summed E-state index contributed by atoms with van der Waals surface area (Å²) in [5.41, 5.74) is 0.934. The number of aryl methyl sites for hydroxylation is 1. The highest BCUT2D eigenvalue weighted by Gasteiger charge is 2.10. The van der Waals surface area contributed by atoms with Crippen molar-refractivity contribution in [2.45, 2.75) is 19.5 Å². The maximum atomic E-state index is 5.78. The zero-order chi connectivity index (χ0) is 13.2. The minimum atomic E-state index is 0.188. The lowest BCUT2D eigenvalue weighted by Crippen LogP contribution is -2.20. The fourth-order valence-electron chi connectivity index (χ4n) is 2.26. The summed E-state index contributed by atoms with van der Waals surface area (Å²) in [6.45, 7) is 2.80. The van der Waals surface area contributed by atoms with Gasteiger partial charge < -0.3 is 14.3 Å². The highest BCUT2D eigenvalue weighted by Crippen LogP contribution is 2.19. The number of para-hydroxylation sites is 1. The summed E-state index contributed by atoms with van der Waals surface area (Å²) in [4.78, 5) is 4.34. The predicted molar refractivity (Wildman–Crippen MR) is 74.7 cm³/mol. The van der Waals surface area contributed by atoms with Crippen LogP contribution in [0.5, 0.6) is 0 Å². The number of imidazole rings is 1. The zero-order valence-electron chi connectivity index (χ0n) is 11.1. The Balaban J connectivity index is 1.70. The zero-order valence-corrected chi connectivity index (χ0v) is 11.1. The number of hydrogen-bond donors (Lipinski definition) is 1. The first-order valence-corrected chi connectivity index (χ1v) is 6.42. The van der Waals surface area contributed by atoms with E-state index < -0.39 is 0 Å². The van der Waals surface area contributed by atoms with Crippen molar-refractivity contribution in [1.29, 1.82) is 0 Å². The Bertz CT molecular complexity index is 650. The fraction of sp³-hybridized carbons (Fsp3) is 0.267. The van der Waals surface area contributed by atoms with Crippen LogP contribution in [0.4, 0.5) is 0 Å². The van der Waals surface area contributed by atoms with Gasteiger partial charge in [0.2, 0.25) is 0 Å². The molecule has 1 N–H and O–H groups in total. The number of furan rings is 1. The van der Waals surface area contributed by atoms with Crippen molar-refractivity contribution in [2.24, 2.45) is 7.05 Å². The molecule has 4 heteroatoms. The van der Waals surface area contributed by atoms with Gasteiger partial charge in [0.15, 0.2) is 0 Å². The molecule has 0 bridgehead atoms. The van der Waals surface area contributed by atoms with Gasteiger partial charge in [-0.05, 0) is 19.1 Å². The first kappa shape index (κ1) is 12.0. The number of hydrogen-bond acceptors (Lipinski definition) is 3. The van der Waals surface area contributed by atoms with Gasteiger partial charge in [-0.25, -0.2) is 4.98 Å².